The normalized spacial score (nSPS) is 17.1. The fourth-order valence-corrected chi connectivity index (χ4v) is 4.35. The maximum atomic E-state index is 14.9. The quantitative estimate of drug-likeness (QED) is 0.293. The van der Waals surface area contributed by atoms with Crippen LogP contribution in [0.2, 0.25) is 0 Å². The maximum absolute atomic E-state index is 14.9. The van der Waals surface area contributed by atoms with Gasteiger partial charge in [-0.25, -0.2) is 9.37 Å². The Balaban J connectivity index is 1.46. The van der Waals surface area contributed by atoms with Gasteiger partial charge in [-0.1, -0.05) is 18.2 Å². The molecule has 0 saturated carbocycles. The second kappa shape index (κ2) is 8.84. The molecule has 5 rings (SSSR count). The van der Waals surface area contributed by atoms with Crippen LogP contribution < -0.4 is 4.90 Å². The van der Waals surface area contributed by atoms with Crippen molar-refractivity contribution >= 4 is 22.5 Å². The number of carbonyl (C=O) groups excluding carboxylic acids is 1. The van der Waals surface area contributed by atoms with E-state index >= 15 is 0 Å². The minimum absolute atomic E-state index is 0.0194. The number of nitrogens with zero attached hydrogens (tertiary/aromatic N) is 2. The van der Waals surface area contributed by atoms with E-state index in [1.54, 1.807) is 0 Å². The van der Waals surface area contributed by atoms with Gasteiger partial charge in [-0.05, 0) is 37.6 Å². The molecule has 1 fully saturated rings. The number of carbonyl (C=O) groups is 1. The molecule has 1 saturated heterocycles. The molecule has 2 N–H and O–H groups in total. The van der Waals surface area contributed by atoms with Gasteiger partial charge in [0.05, 0.1) is 22.9 Å². The van der Waals surface area contributed by atoms with Gasteiger partial charge in [0.25, 0.3) is 0 Å². The van der Waals surface area contributed by atoms with Gasteiger partial charge in [-0.3, -0.25) is 4.79 Å². The lowest BCUT2D eigenvalue weighted by atomic mass is 9.99. The first-order valence-corrected chi connectivity index (χ1v) is 11.2. The molecule has 0 unspecified atom stereocenters. The summed E-state index contributed by atoms with van der Waals surface area (Å²) in [7, 11) is 0. The largest absolute Gasteiger partial charge is 0.417 e. The zero-order chi connectivity index (χ0) is 24.7. The van der Waals surface area contributed by atoms with Crippen molar-refractivity contribution in [2.24, 2.45) is 0 Å². The Morgan fingerprint density at radius 3 is 2.80 bits per heavy atom. The van der Waals surface area contributed by atoms with Crippen LogP contribution in [0.1, 0.15) is 34.8 Å². The minimum atomic E-state index is -4.66. The highest BCUT2D eigenvalue weighted by atomic mass is 19.4. The lowest BCUT2D eigenvalue weighted by Crippen LogP contribution is -2.30. The van der Waals surface area contributed by atoms with Crippen molar-refractivity contribution in [3.05, 3.63) is 71.2 Å². The van der Waals surface area contributed by atoms with Crippen LogP contribution >= 0.6 is 0 Å². The first-order chi connectivity index (χ1) is 16.7. The van der Waals surface area contributed by atoms with E-state index in [-0.39, 0.29) is 23.0 Å². The Kier molecular flexibility index (Phi) is 5.84. The monoisotopic (exact) mass is 486 g/mol. The van der Waals surface area contributed by atoms with Crippen LogP contribution in [0.4, 0.5) is 23.2 Å². The fourth-order valence-electron chi connectivity index (χ4n) is 4.35. The Hall–Kier alpha value is -3.66. The van der Waals surface area contributed by atoms with E-state index in [4.69, 9.17) is 4.74 Å². The van der Waals surface area contributed by atoms with Crippen molar-refractivity contribution in [2.45, 2.75) is 25.6 Å². The van der Waals surface area contributed by atoms with Gasteiger partial charge in [-0.2, -0.15) is 13.2 Å². The van der Waals surface area contributed by atoms with E-state index in [1.807, 2.05) is 13.0 Å². The van der Waals surface area contributed by atoms with Gasteiger partial charge >= 0.3 is 6.18 Å². The van der Waals surface area contributed by atoms with Crippen molar-refractivity contribution < 1.29 is 27.1 Å². The number of fused-ring (bicyclic) bond motifs is 1. The third-order valence-electron chi connectivity index (χ3n) is 6.02. The second-order valence-electron chi connectivity index (χ2n) is 8.56. The van der Waals surface area contributed by atoms with Crippen LogP contribution in [0.3, 0.4) is 0 Å². The lowest BCUT2D eigenvalue weighted by molar-refractivity contribution is -0.137. The number of nitrogens with one attached hydrogen (secondary N) is 2. The van der Waals surface area contributed by atoms with Gasteiger partial charge in [0, 0.05) is 42.7 Å². The smallest absolute Gasteiger partial charge is 0.377 e. The Bertz CT molecular complexity index is 1390. The topological polar surface area (TPSA) is 74.0 Å². The molecule has 6 nitrogen and oxygen atoms in total. The number of ether oxygens (including phenoxy) is 1. The molecule has 1 aliphatic heterocycles. The Labute approximate surface area is 197 Å². The summed E-state index contributed by atoms with van der Waals surface area (Å²) in [5.41, 5.74) is 0.253. The van der Waals surface area contributed by atoms with E-state index in [1.165, 1.54) is 30.5 Å². The number of alkyl halides is 3. The highest BCUT2D eigenvalue weighted by Gasteiger charge is 2.35. The number of anilines is 1. The van der Waals surface area contributed by atoms with Crippen LogP contribution in [0.25, 0.3) is 22.6 Å². The molecule has 1 atom stereocenters. The number of benzene rings is 2. The van der Waals surface area contributed by atoms with E-state index in [0.29, 0.717) is 30.0 Å². The summed E-state index contributed by atoms with van der Waals surface area (Å²) < 4.78 is 60.6. The van der Waals surface area contributed by atoms with Gasteiger partial charge in [0.2, 0.25) is 0 Å². The van der Waals surface area contributed by atoms with Crippen LogP contribution in [0, 0.1) is 5.82 Å². The van der Waals surface area contributed by atoms with Gasteiger partial charge in [0.15, 0.2) is 17.4 Å². The second-order valence-corrected chi connectivity index (χ2v) is 8.56. The zero-order valence-electron chi connectivity index (χ0n) is 18.7. The first kappa shape index (κ1) is 23.1. The number of ketones is 1. The van der Waals surface area contributed by atoms with E-state index in [9.17, 15) is 22.4 Å². The molecule has 4 aromatic rings. The van der Waals surface area contributed by atoms with E-state index in [0.717, 1.165) is 25.1 Å². The predicted octanol–water partition coefficient (Wildman–Crippen LogP) is 5.56. The van der Waals surface area contributed by atoms with Crippen molar-refractivity contribution in [3.63, 3.8) is 0 Å². The fraction of sp³-hybridized carbons (Fsp3) is 0.280. The molecule has 2 aromatic carbocycles. The molecule has 3 heterocycles. The number of aromatic amines is 2. The van der Waals surface area contributed by atoms with Crippen LogP contribution in [0.15, 0.2) is 48.7 Å². The molecule has 1 aliphatic rings. The van der Waals surface area contributed by atoms with Crippen LogP contribution in [-0.4, -0.2) is 46.5 Å². The molecule has 0 radical (unpaired) electrons. The summed E-state index contributed by atoms with van der Waals surface area (Å²) in [6, 6.07) is 9.28. The van der Waals surface area contributed by atoms with E-state index < -0.39 is 28.9 Å². The molecule has 0 amide bonds. The number of hydrogen-bond donors (Lipinski definition) is 2. The molecule has 0 bridgehead atoms. The van der Waals surface area contributed by atoms with Gasteiger partial charge < -0.3 is 19.6 Å². The highest BCUT2D eigenvalue weighted by Crippen LogP contribution is 2.33. The molecular formula is C25H22F4N4O2. The average Bonchev–Trinajstić information content (AvgIpc) is 3.42. The summed E-state index contributed by atoms with van der Waals surface area (Å²) in [6.07, 6.45) is -2.49. The summed E-state index contributed by atoms with van der Waals surface area (Å²) in [5, 5.41) is 0. The number of halogens is 4. The van der Waals surface area contributed by atoms with Crippen LogP contribution in [0.5, 0.6) is 0 Å². The summed E-state index contributed by atoms with van der Waals surface area (Å²) in [4.78, 5) is 25.1. The van der Waals surface area contributed by atoms with Crippen molar-refractivity contribution in [1.29, 1.82) is 0 Å². The maximum Gasteiger partial charge on any atom is 0.417 e. The molecule has 0 spiro atoms. The van der Waals surface area contributed by atoms with Gasteiger partial charge in [-0.15, -0.1) is 0 Å². The number of imidazole rings is 1. The number of H-pyrrole nitrogens is 2. The third-order valence-corrected chi connectivity index (χ3v) is 6.02. The highest BCUT2D eigenvalue weighted by molar-refractivity contribution is 6.10. The lowest BCUT2D eigenvalue weighted by Gasteiger charge is -2.24. The number of hydrogen-bond acceptors (Lipinski definition) is 4. The molecule has 10 heteroatoms. The Morgan fingerprint density at radius 2 is 2.00 bits per heavy atom. The van der Waals surface area contributed by atoms with Crippen molar-refractivity contribution in [1.82, 2.24) is 15.0 Å². The van der Waals surface area contributed by atoms with Crippen molar-refractivity contribution in [2.75, 3.05) is 24.6 Å². The predicted molar refractivity (Wildman–Crippen MR) is 123 cm³/mol. The zero-order valence-corrected chi connectivity index (χ0v) is 18.7. The van der Waals surface area contributed by atoms with Crippen molar-refractivity contribution in [3.8, 4) is 11.5 Å². The molecule has 182 valence electrons. The Morgan fingerprint density at radius 1 is 1.20 bits per heavy atom. The van der Waals surface area contributed by atoms with E-state index in [2.05, 4.69) is 19.9 Å². The molecular weight excluding hydrogens is 464 g/mol. The van der Waals surface area contributed by atoms with Crippen LogP contribution in [-0.2, 0) is 10.9 Å². The summed E-state index contributed by atoms with van der Waals surface area (Å²) in [6.45, 7) is 3.99. The summed E-state index contributed by atoms with van der Waals surface area (Å²) in [5.74, 6) is -1.01. The molecule has 35 heavy (non-hydrogen) atoms. The SMILES string of the molecule is C[C@H]1CN(c2cc(F)c3nc(-c4cc(C(=O)c5ccccc5C(F)(F)F)c[nH]4)[nH]c3c2)CCCO1. The standard InChI is InChI=1S/C25H22F4N4O2/c1-14-13-33(7-4-8-35-14)16-10-19(26)22-20(11-16)31-24(32-22)21-9-15(12-30-21)23(34)17-5-2-3-6-18(17)25(27,28)29/h2-3,5-6,9-12,14,30H,4,7-8,13H2,1H3,(H,31,32)/t14-/m0/s1. The first-order valence-electron chi connectivity index (χ1n) is 11.2. The number of rotatable bonds is 4. The van der Waals surface area contributed by atoms with Gasteiger partial charge in [0.1, 0.15) is 5.52 Å². The average molecular weight is 486 g/mol. The third kappa shape index (κ3) is 4.53. The summed E-state index contributed by atoms with van der Waals surface area (Å²) >= 11 is 0. The minimum Gasteiger partial charge on any atom is -0.377 e. The number of aromatic nitrogens is 3. The molecule has 2 aromatic heterocycles. The molecule has 0 aliphatic carbocycles.